The fraction of sp³-hybridized carbons (Fsp3) is 0.917. The van der Waals surface area contributed by atoms with E-state index >= 15 is 0 Å². The molecule has 2 unspecified atom stereocenters. The van der Waals surface area contributed by atoms with Crippen LogP contribution in [0.1, 0.15) is 47.0 Å². The van der Waals surface area contributed by atoms with Crippen LogP contribution in [0.3, 0.4) is 0 Å². The van der Waals surface area contributed by atoms with Crippen LogP contribution in [0, 0.1) is 11.8 Å². The first-order chi connectivity index (χ1) is 6.81. The molecule has 88 valence electrons. The van der Waals surface area contributed by atoms with Crippen molar-refractivity contribution in [2.24, 2.45) is 11.8 Å². The number of hydrogen-bond donors (Lipinski definition) is 1. The van der Waals surface area contributed by atoms with E-state index in [1.807, 2.05) is 13.8 Å². The average Bonchev–Trinajstić information content (AvgIpc) is 1.99. The topological polar surface area (TPSA) is 37.3 Å². The van der Waals surface area contributed by atoms with Gasteiger partial charge in [-0.1, -0.05) is 13.8 Å². The van der Waals surface area contributed by atoms with E-state index in [-0.39, 0.29) is 0 Å². The molecule has 0 aromatic carbocycles. The van der Waals surface area contributed by atoms with E-state index < -0.39 is 10.7 Å². The zero-order valence-electron chi connectivity index (χ0n) is 10.1. The number of thioether (sulfide) groups is 1. The third kappa shape index (κ3) is 3.71. The van der Waals surface area contributed by atoms with Crippen LogP contribution in [-0.4, -0.2) is 21.1 Å². The number of hydrogen-bond acceptors (Lipinski definition) is 2. The maximum absolute atomic E-state index is 11.0. The van der Waals surface area contributed by atoms with Crippen LogP contribution in [0.4, 0.5) is 0 Å². The lowest BCUT2D eigenvalue weighted by molar-refractivity contribution is -0.138. The summed E-state index contributed by atoms with van der Waals surface area (Å²) in [6.07, 6.45) is 3.64. The van der Waals surface area contributed by atoms with Crippen molar-refractivity contribution in [1.82, 2.24) is 0 Å². The number of carboxylic acid groups (broad SMARTS) is 1. The molecule has 1 N–H and O–H groups in total. The van der Waals surface area contributed by atoms with E-state index in [2.05, 4.69) is 13.8 Å². The van der Waals surface area contributed by atoms with Crippen molar-refractivity contribution >= 4 is 17.7 Å². The molecule has 3 heteroatoms. The Morgan fingerprint density at radius 1 is 1.20 bits per heavy atom. The molecule has 0 radical (unpaired) electrons. The van der Waals surface area contributed by atoms with E-state index in [0.717, 1.165) is 11.8 Å². The molecule has 0 bridgehead atoms. The lowest BCUT2D eigenvalue weighted by Gasteiger charge is -2.34. The second-order valence-electron chi connectivity index (χ2n) is 5.47. The molecule has 1 aliphatic carbocycles. The summed E-state index contributed by atoms with van der Waals surface area (Å²) in [5.74, 6) is 0.796. The van der Waals surface area contributed by atoms with Crippen LogP contribution >= 0.6 is 11.8 Å². The van der Waals surface area contributed by atoms with Gasteiger partial charge in [0.05, 0.1) is 0 Å². The number of carbonyl (C=O) groups is 1. The van der Waals surface area contributed by atoms with Crippen LogP contribution in [0.25, 0.3) is 0 Å². The maximum atomic E-state index is 11.0. The second kappa shape index (κ2) is 4.77. The van der Waals surface area contributed by atoms with Crippen molar-refractivity contribution in [3.63, 3.8) is 0 Å². The first kappa shape index (κ1) is 12.9. The molecule has 1 saturated carbocycles. The molecular weight excluding hydrogens is 208 g/mol. The standard InChI is InChI=1S/C12H22O2S/c1-8-5-9(2)7-10(6-8)15-12(3,4)11(13)14/h8-10H,5-7H2,1-4H3,(H,13,14). The Balaban J connectivity index is 2.54. The van der Waals surface area contributed by atoms with Gasteiger partial charge in [-0.2, -0.15) is 0 Å². The Labute approximate surface area is 96.8 Å². The highest BCUT2D eigenvalue weighted by molar-refractivity contribution is 8.01. The van der Waals surface area contributed by atoms with Gasteiger partial charge in [0.1, 0.15) is 4.75 Å². The van der Waals surface area contributed by atoms with Crippen molar-refractivity contribution in [3.05, 3.63) is 0 Å². The van der Waals surface area contributed by atoms with E-state index in [4.69, 9.17) is 5.11 Å². The molecule has 0 amide bonds. The Bertz CT molecular complexity index is 228. The fourth-order valence-electron chi connectivity index (χ4n) is 2.44. The molecule has 0 heterocycles. The third-order valence-electron chi connectivity index (χ3n) is 3.11. The molecule has 2 nitrogen and oxygen atoms in total. The van der Waals surface area contributed by atoms with Crippen molar-refractivity contribution in [3.8, 4) is 0 Å². The highest BCUT2D eigenvalue weighted by Gasteiger charge is 2.34. The van der Waals surface area contributed by atoms with Gasteiger partial charge in [-0.3, -0.25) is 4.79 Å². The summed E-state index contributed by atoms with van der Waals surface area (Å²) in [5, 5.41) is 9.61. The van der Waals surface area contributed by atoms with Crippen molar-refractivity contribution in [2.45, 2.75) is 57.0 Å². The van der Waals surface area contributed by atoms with Gasteiger partial charge in [0, 0.05) is 5.25 Å². The van der Waals surface area contributed by atoms with Crippen molar-refractivity contribution in [1.29, 1.82) is 0 Å². The lowest BCUT2D eigenvalue weighted by Crippen LogP contribution is -2.32. The zero-order chi connectivity index (χ0) is 11.6. The molecule has 15 heavy (non-hydrogen) atoms. The van der Waals surface area contributed by atoms with Crippen LogP contribution in [0.15, 0.2) is 0 Å². The van der Waals surface area contributed by atoms with Gasteiger partial charge in [-0.05, 0) is 44.9 Å². The van der Waals surface area contributed by atoms with E-state index in [0.29, 0.717) is 5.25 Å². The number of rotatable bonds is 3. The van der Waals surface area contributed by atoms with Crippen molar-refractivity contribution in [2.75, 3.05) is 0 Å². The molecule has 2 atom stereocenters. The second-order valence-corrected chi connectivity index (χ2v) is 7.40. The van der Waals surface area contributed by atoms with E-state index in [1.54, 1.807) is 11.8 Å². The normalized spacial score (nSPS) is 32.7. The molecule has 0 spiro atoms. The summed E-state index contributed by atoms with van der Waals surface area (Å²) in [6, 6.07) is 0. The molecular formula is C12H22O2S. The van der Waals surface area contributed by atoms with E-state index in [1.165, 1.54) is 19.3 Å². The van der Waals surface area contributed by atoms with Gasteiger partial charge < -0.3 is 5.11 Å². The minimum Gasteiger partial charge on any atom is -0.480 e. The van der Waals surface area contributed by atoms with Crippen LogP contribution in [0.5, 0.6) is 0 Å². The highest BCUT2D eigenvalue weighted by atomic mass is 32.2. The van der Waals surface area contributed by atoms with Crippen LogP contribution < -0.4 is 0 Å². The van der Waals surface area contributed by atoms with Gasteiger partial charge in [-0.15, -0.1) is 11.8 Å². The first-order valence-corrected chi connectivity index (χ1v) is 6.60. The predicted octanol–water partition coefficient (Wildman–Crippen LogP) is 3.41. The Kier molecular flexibility index (Phi) is 4.10. The zero-order valence-corrected chi connectivity index (χ0v) is 10.9. The summed E-state index contributed by atoms with van der Waals surface area (Å²) >= 11 is 1.64. The summed E-state index contributed by atoms with van der Waals surface area (Å²) in [7, 11) is 0. The molecule has 1 fully saturated rings. The Hall–Kier alpha value is -0.180. The minimum atomic E-state index is -0.696. The Morgan fingerprint density at radius 3 is 2.07 bits per heavy atom. The highest BCUT2D eigenvalue weighted by Crippen LogP contribution is 2.40. The van der Waals surface area contributed by atoms with Crippen LogP contribution in [-0.2, 0) is 4.79 Å². The monoisotopic (exact) mass is 230 g/mol. The number of carboxylic acids is 1. The summed E-state index contributed by atoms with van der Waals surface area (Å²) in [4.78, 5) is 11.0. The molecule has 1 rings (SSSR count). The van der Waals surface area contributed by atoms with E-state index in [9.17, 15) is 4.79 Å². The van der Waals surface area contributed by atoms with Gasteiger partial charge >= 0.3 is 5.97 Å². The Morgan fingerprint density at radius 2 is 1.67 bits per heavy atom. The lowest BCUT2D eigenvalue weighted by atomic mass is 9.83. The fourth-order valence-corrected chi connectivity index (χ4v) is 4.22. The van der Waals surface area contributed by atoms with Crippen molar-refractivity contribution < 1.29 is 9.90 Å². The average molecular weight is 230 g/mol. The maximum Gasteiger partial charge on any atom is 0.319 e. The quantitative estimate of drug-likeness (QED) is 0.807. The summed E-state index contributed by atoms with van der Waals surface area (Å²) < 4.78 is -0.637. The molecule has 1 aliphatic rings. The van der Waals surface area contributed by atoms with Crippen LogP contribution in [0.2, 0.25) is 0 Å². The molecule has 0 aromatic rings. The smallest absolute Gasteiger partial charge is 0.319 e. The summed E-state index contributed by atoms with van der Waals surface area (Å²) in [5.41, 5.74) is 0. The largest absolute Gasteiger partial charge is 0.480 e. The minimum absolute atomic E-state index is 0.523. The summed E-state index contributed by atoms with van der Waals surface area (Å²) in [6.45, 7) is 8.17. The molecule has 0 saturated heterocycles. The van der Waals surface area contributed by atoms with Gasteiger partial charge in [0.2, 0.25) is 0 Å². The SMILES string of the molecule is CC1CC(C)CC(SC(C)(C)C(=O)O)C1. The predicted molar refractivity (Wildman–Crippen MR) is 65.3 cm³/mol. The number of aliphatic carboxylic acids is 1. The molecule has 0 aliphatic heterocycles. The van der Waals surface area contributed by atoms with Gasteiger partial charge in [0.25, 0.3) is 0 Å². The first-order valence-electron chi connectivity index (χ1n) is 5.72. The van der Waals surface area contributed by atoms with Gasteiger partial charge in [0.15, 0.2) is 0 Å². The van der Waals surface area contributed by atoms with Gasteiger partial charge in [-0.25, -0.2) is 0 Å². The molecule has 0 aromatic heterocycles. The third-order valence-corrected chi connectivity index (χ3v) is 4.59.